The van der Waals surface area contributed by atoms with Gasteiger partial charge in [0.2, 0.25) is 5.78 Å². The molecule has 5 nitrogen and oxygen atoms in total. The Balaban J connectivity index is 2.54. The van der Waals surface area contributed by atoms with E-state index in [0.29, 0.717) is 15.4 Å². The van der Waals surface area contributed by atoms with E-state index < -0.39 is 18.8 Å². The van der Waals surface area contributed by atoms with Gasteiger partial charge < -0.3 is 5.11 Å². The molecule has 0 aliphatic rings. The molecule has 2 heterocycles. The molecule has 19 heavy (non-hydrogen) atoms. The summed E-state index contributed by atoms with van der Waals surface area (Å²) in [6.45, 7) is 0.880. The van der Waals surface area contributed by atoms with Gasteiger partial charge in [0.25, 0.3) is 6.43 Å². The summed E-state index contributed by atoms with van der Waals surface area (Å²) in [6, 6.07) is 0. The molecule has 0 aliphatic carbocycles. The molecule has 8 heteroatoms. The number of hydrogen-bond acceptors (Lipinski definition) is 5. The second-order valence-electron chi connectivity index (χ2n) is 3.87. The first-order valence-electron chi connectivity index (χ1n) is 5.37. The number of alkyl halides is 2. The van der Waals surface area contributed by atoms with Crippen molar-refractivity contribution < 1.29 is 18.7 Å². The fourth-order valence-electron chi connectivity index (χ4n) is 1.73. The third-order valence-corrected chi connectivity index (χ3v) is 3.64. The molecular formula is C11H11F2N3O2S. The second kappa shape index (κ2) is 5.14. The number of rotatable bonds is 4. The van der Waals surface area contributed by atoms with Crippen molar-refractivity contribution in [1.82, 2.24) is 14.8 Å². The van der Waals surface area contributed by atoms with Crippen LogP contribution in [0.15, 0.2) is 6.20 Å². The topological polar surface area (TPSA) is 68.0 Å². The van der Waals surface area contributed by atoms with Crippen LogP contribution in [0, 0.1) is 6.92 Å². The van der Waals surface area contributed by atoms with E-state index in [1.54, 1.807) is 14.0 Å². The predicted octanol–water partition coefficient (Wildman–Crippen LogP) is 1.96. The smallest absolute Gasteiger partial charge is 0.281 e. The Kier molecular flexibility index (Phi) is 3.72. The number of nitrogens with zero attached hydrogens (tertiary/aromatic N) is 3. The van der Waals surface area contributed by atoms with E-state index in [1.165, 1.54) is 10.9 Å². The van der Waals surface area contributed by atoms with E-state index in [-0.39, 0.29) is 11.4 Å². The van der Waals surface area contributed by atoms with Gasteiger partial charge in [-0.3, -0.25) is 9.48 Å². The van der Waals surface area contributed by atoms with Gasteiger partial charge >= 0.3 is 0 Å². The number of Topliss-reactive ketones (excluding diaryl/α,β-unsaturated/α-hetero) is 1. The van der Waals surface area contributed by atoms with E-state index in [0.717, 1.165) is 11.3 Å². The second-order valence-corrected chi connectivity index (χ2v) is 5.08. The zero-order chi connectivity index (χ0) is 14.2. The van der Waals surface area contributed by atoms with Gasteiger partial charge in [-0.05, 0) is 6.92 Å². The van der Waals surface area contributed by atoms with Crippen molar-refractivity contribution in [3.63, 3.8) is 0 Å². The van der Waals surface area contributed by atoms with E-state index in [2.05, 4.69) is 10.1 Å². The molecule has 2 rings (SSSR count). The Labute approximate surface area is 111 Å². The minimum absolute atomic E-state index is 0.164. The summed E-state index contributed by atoms with van der Waals surface area (Å²) in [7, 11) is 1.54. The molecule has 102 valence electrons. The van der Waals surface area contributed by atoms with Crippen LogP contribution >= 0.6 is 11.3 Å². The van der Waals surface area contributed by atoms with Crippen molar-refractivity contribution in [2.45, 2.75) is 13.3 Å². The molecule has 1 N–H and O–H groups in total. The lowest BCUT2D eigenvalue weighted by Gasteiger charge is -2.00. The van der Waals surface area contributed by atoms with Crippen molar-refractivity contribution in [2.75, 3.05) is 6.61 Å². The lowest BCUT2D eigenvalue weighted by molar-refractivity contribution is 0.0895. The van der Waals surface area contributed by atoms with E-state index in [4.69, 9.17) is 5.11 Å². The van der Waals surface area contributed by atoms with Crippen LogP contribution in [0.3, 0.4) is 0 Å². The maximum atomic E-state index is 12.7. The number of hydrogen-bond donors (Lipinski definition) is 1. The fraction of sp³-hybridized carbons (Fsp3) is 0.364. The molecule has 2 aromatic rings. The van der Waals surface area contributed by atoms with Crippen molar-refractivity contribution in [1.29, 1.82) is 0 Å². The molecule has 0 aliphatic heterocycles. The van der Waals surface area contributed by atoms with E-state index >= 15 is 0 Å². The Morgan fingerprint density at radius 3 is 2.79 bits per heavy atom. The number of aliphatic hydroxyl groups excluding tert-OH is 1. The van der Waals surface area contributed by atoms with Crippen LogP contribution in [0.2, 0.25) is 0 Å². The van der Waals surface area contributed by atoms with Gasteiger partial charge in [-0.1, -0.05) is 0 Å². The maximum Gasteiger partial charge on any atom is 0.281 e. The number of aliphatic hydroxyl groups is 1. The first-order valence-corrected chi connectivity index (χ1v) is 6.19. The Morgan fingerprint density at radius 1 is 1.58 bits per heavy atom. The first-order chi connectivity index (χ1) is 8.95. The number of aryl methyl sites for hydroxylation is 2. The van der Waals surface area contributed by atoms with Gasteiger partial charge in [0.1, 0.15) is 23.0 Å². The summed E-state index contributed by atoms with van der Waals surface area (Å²) < 4.78 is 26.7. The highest BCUT2D eigenvalue weighted by molar-refractivity contribution is 7.15. The van der Waals surface area contributed by atoms with Crippen molar-refractivity contribution in [2.24, 2.45) is 7.05 Å². The van der Waals surface area contributed by atoms with Crippen LogP contribution in [-0.2, 0) is 7.05 Å². The summed E-state index contributed by atoms with van der Waals surface area (Å²) in [6.07, 6.45) is -1.27. The van der Waals surface area contributed by atoms with E-state index in [1.807, 2.05) is 0 Å². The summed E-state index contributed by atoms with van der Waals surface area (Å²) in [5.74, 6) is -0.526. The molecule has 0 unspecified atom stereocenters. The quantitative estimate of drug-likeness (QED) is 0.873. The molecule has 0 aromatic carbocycles. The highest BCUT2D eigenvalue weighted by Crippen LogP contribution is 2.33. The molecule has 0 spiro atoms. The number of aromatic nitrogens is 3. The van der Waals surface area contributed by atoms with Crippen LogP contribution in [0.5, 0.6) is 0 Å². The molecule has 0 atom stereocenters. The van der Waals surface area contributed by atoms with Gasteiger partial charge in [-0.25, -0.2) is 13.8 Å². The highest BCUT2D eigenvalue weighted by Gasteiger charge is 2.23. The number of halogens is 2. The highest BCUT2D eigenvalue weighted by atomic mass is 32.1. The van der Waals surface area contributed by atoms with Gasteiger partial charge in [-0.15, -0.1) is 11.3 Å². The van der Waals surface area contributed by atoms with Gasteiger partial charge in [0.15, 0.2) is 0 Å². The van der Waals surface area contributed by atoms with Crippen LogP contribution < -0.4 is 0 Å². The third-order valence-electron chi connectivity index (χ3n) is 2.62. The molecule has 0 saturated carbocycles. The van der Waals surface area contributed by atoms with Gasteiger partial charge in [0, 0.05) is 11.9 Å². The van der Waals surface area contributed by atoms with Gasteiger partial charge in [0.05, 0.1) is 11.8 Å². The molecule has 0 fully saturated rings. The molecule has 0 amide bonds. The predicted molar refractivity (Wildman–Crippen MR) is 65.4 cm³/mol. The molecule has 0 radical (unpaired) electrons. The lowest BCUT2D eigenvalue weighted by Crippen LogP contribution is -2.11. The van der Waals surface area contributed by atoms with Crippen LogP contribution in [0.1, 0.15) is 27.5 Å². The third kappa shape index (κ3) is 2.41. The Bertz CT molecular complexity index is 621. The molecule has 0 saturated heterocycles. The number of carbonyl (C=O) groups excluding carboxylic acids is 1. The molecule has 2 aromatic heterocycles. The zero-order valence-corrected chi connectivity index (χ0v) is 11.0. The number of thiazole rings is 1. The van der Waals surface area contributed by atoms with Crippen molar-refractivity contribution in [3.8, 4) is 10.6 Å². The van der Waals surface area contributed by atoms with Crippen LogP contribution in [-0.4, -0.2) is 32.3 Å². The Morgan fingerprint density at radius 2 is 2.26 bits per heavy atom. The SMILES string of the molecule is Cc1sc(-c2cnn(C)c2C(=O)CO)nc1C(F)F. The van der Waals surface area contributed by atoms with Crippen molar-refractivity contribution >= 4 is 17.1 Å². The van der Waals surface area contributed by atoms with Crippen LogP contribution in [0.4, 0.5) is 8.78 Å². The summed E-state index contributed by atoms with van der Waals surface area (Å²) in [5, 5.41) is 13.1. The standard InChI is InChI=1S/C11H11F2N3O2S/c1-5-8(10(12)13)15-11(19-5)6-3-14-16(2)9(6)7(18)4-17/h3,10,17H,4H2,1-2H3. The summed E-state index contributed by atoms with van der Waals surface area (Å²) in [4.78, 5) is 15.9. The zero-order valence-electron chi connectivity index (χ0n) is 10.2. The summed E-state index contributed by atoms with van der Waals surface area (Å²) in [5.41, 5.74) is 0.241. The normalized spacial score (nSPS) is 11.3. The summed E-state index contributed by atoms with van der Waals surface area (Å²) >= 11 is 1.07. The average molecular weight is 287 g/mol. The van der Waals surface area contributed by atoms with Crippen molar-refractivity contribution in [3.05, 3.63) is 22.5 Å². The molecular weight excluding hydrogens is 276 g/mol. The first kappa shape index (κ1) is 13.8. The fourth-order valence-corrected chi connectivity index (χ4v) is 2.66. The minimum atomic E-state index is -2.65. The monoisotopic (exact) mass is 287 g/mol. The number of ketones is 1. The maximum absolute atomic E-state index is 12.7. The van der Waals surface area contributed by atoms with Crippen LogP contribution in [0.25, 0.3) is 10.6 Å². The average Bonchev–Trinajstić information content (AvgIpc) is 2.91. The minimum Gasteiger partial charge on any atom is -0.388 e. The van der Waals surface area contributed by atoms with Gasteiger partial charge in [-0.2, -0.15) is 5.10 Å². The lowest BCUT2D eigenvalue weighted by atomic mass is 10.2. The Hall–Kier alpha value is -1.67. The largest absolute Gasteiger partial charge is 0.388 e. The number of carbonyl (C=O) groups is 1. The molecule has 0 bridgehead atoms. The van der Waals surface area contributed by atoms with E-state index in [9.17, 15) is 13.6 Å².